The molecule has 0 aromatic heterocycles. The third-order valence-electron chi connectivity index (χ3n) is 7.42. The minimum absolute atomic E-state index is 0.165. The molecular weight excluding hydrogens is 382 g/mol. The van der Waals surface area contributed by atoms with E-state index >= 15 is 0 Å². The summed E-state index contributed by atoms with van der Waals surface area (Å²) in [6.07, 6.45) is 12.0. The Morgan fingerprint density at radius 2 is 2.00 bits per heavy atom. The molecule has 0 unspecified atom stereocenters. The molecule has 0 saturated heterocycles. The Morgan fingerprint density at radius 1 is 1.23 bits per heavy atom. The van der Waals surface area contributed by atoms with Gasteiger partial charge in [0.05, 0.1) is 12.2 Å². The van der Waals surface area contributed by atoms with Crippen molar-refractivity contribution in [2.24, 2.45) is 17.8 Å². The summed E-state index contributed by atoms with van der Waals surface area (Å²) in [5.41, 5.74) is 4.20. The molecule has 172 valence electrons. The highest BCUT2D eigenvalue weighted by Gasteiger charge is 2.43. The van der Waals surface area contributed by atoms with Crippen molar-refractivity contribution in [1.29, 1.82) is 0 Å². The molecule has 0 amide bonds. The van der Waals surface area contributed by atoms with Gasteiger partial charge < -0.3 is 15.1 Å². The number of aliphatic hydroxyl groups excluding tert-OH is 2. The van der Waals surface area contributed by atoms with Gasteiger partial charge in [-0.05, 0) is 90.8 Å². The number of hydrogen-bond donors (Lipinski definition) is 2. The molecule has 2 N–H and O–H groups in total. The SMILES string of the molecule is Cc1cccc(C[C@H](O)/C=C/[C@@H]2[C@H]3CC(CCCCN(C)C(C)(C)C)=C[C@H]3C[C@H]2O)c1. The van der Waals surface area contributed by atoms with Crippen LogP contribution in [-0.2, 0) is 6.42 Å². The van der Waals surface area contributed by atoms with Gasteiger partial charge in [0.15, 0.2) is 0 Å². The van der Waals surface area contributed by atoms with Gasteiger partial charge in [0.1, 0.15) is 0 Å². The molecule has 0 heterocycles. The minimum Gasteiger partial charge on any atom is -0.392 e. The Labute approximate surface area is 189 Å². The minimum atomic E-state index is -0.498. The van der Waals surface area contributed by atoms with Gasteiger partial charge in [-0.2, -0.15) is 0 Å². The van der Waals surface area contributed by atoms with E-state index in [0.29, 0.717) is 18.3 Å². The first-order valence-corrected chi connectivity index (χ1v) is 12.1. The molecule has 5 atom stereocenters. The molecule has 0 spiro atoms. The van der Waals surface area contributed by atoms with Gasteiger partial charge in [-0.3, -0.25) is 0 Å². The summed E-state index contributed by atoms with van der Waals surface area (Å²) in [6, 6.07) is 8.31. The number of nitrogens with zero attached hydrogens (tertiary/aromatic N) is 1. The topological polar surface area (TPSA) is 43.7 Å². The summed E-state index contributed by atoms with van der Waals surface area (Å²) in [4.78, 5) is 2.43. The molecule has 0 aliphatic heterocycles. The van der Waals surface area contributed by atoms with E-state index in [1.165, 1.54) is 24.8 Å². The Balaban J connectivity index is 1.46. The number of allylic oxidation sites excluding steroid dienone is 2. The Hall–Kier alpha value is -1.42. The summed E-state index contributed by atoms with van der Waals surface area (Å²) in [6.45, 7) is 10.0. The van der Waals surface area contributed by atoms with Crippen LogP contribution in [0.2, 0.25) is 0 Å². The molecular formula is C28H43NO2. The van der Waals surface area contributed by atoms with Crippen molar-refractivity contribution in [3.63, 3.8) is 0 Å². The van der Waals surface area contributed by atoms with Crippen molar-refractivity contribution < 1.29 is 10.2 Å². The maximum Gasteiger partial charge on any atom is 0.0761 e. The number of hydrogen-bond acceptors (Lipinski definition) is 3. The molecule has 31 heavy (non-hydrogen) atoms. The van der Waals surface area contributed by atoms with Crippen molar-refractivity contribution in [2.45, 2.75) is 84.0 Å². The monoisotopic (exact) mass is 425 g/mol. The fraction of sp³-hybridized carbons (Fsp3) is 0.643. The zero-order valence-corrected chi connectivity index (χ0v) is 20.2. The molecule has 1 aromatic carbocycles. The van der Waals surface area contributed by atoms with Crippen LogP contribution >= 0.6 is 0 Å². The second kappa shape index (κ2) is 10.5. The van der Waals surface area contributed by atoms with Crippen molar-refractivity contribution in [2.75, 3.05) is 13.6 Å². The number of fused-ring (bicyclic) bond motifs is 1. The molecule has 2 aliphatic carbocycles. The van der Waals surface area contributed by atoms with E-state index in [1.807, 2.05) is 12.1 Å². The molecule has 3 nitrogen and oxygen atoms in total. The van der Waals surface area contributed by atoms with E-state index in [-0.39, 0.29) is 17.6 Å². The van der Waals surface area contributed by atoms with E-state index in [9.17, 15) is 10.2 Å². The maximum atomic E-state index is 10.6. The summed E-state index contributed by atoms with van der Waals surface area (Å²) >= 11 is 0. The van der Waals surface area contributed by atoms with Gasteiger partial charge in [-0.15, -0.1) is 0 Å². The lowest BCUT2D eigenvalue weighted by atomic mass is 9.88. The van der Waals surface area contributed by atoms with Crippen molar-refractivity contribution in [1.82, 2.24) is 4.90 Å². The van der Waals surface area contributed by atoms with Crippen LogP contribution in [0.25, 0.3) is 0 Å². The number of rotatable bonds is 9. The molecule has 3 rings (SSSR count). The van der Waals surface area contributed by atoms with E-state index in [4.69, 9.17) is 0 Å². The number of benzene rings is 1. The Bertz CT molecular complexity index is 775. The van der Waals surface area contributed by atoms with Gasteiger partial charge in [-0.25, -0.2) is 0 Å². The summed E-state index contributed by atoms with van der Waals surface area (Å²) < 4.78 is 0. The lowest BCUT2D eigenvalue weighted by Crippen LogP contribution is -2.38. The van der Waals surface area contributed by atoms with Crippen LogP contribution in [0.1, 0.15) is 64.0 Å². The predicted molar refractivity (Wildman–Crippen MR) is 130 cm³/mol. The fourth-order valence-corrected chi connectivity index (χ4v) is 5.23. The largest absolute Gasteiger partial charge is 0.392 e. The predicted octanol–water partition coefficient (Wildman–Crippen LogP) is 5.30. The average Bonchev–Trinajstić information content (AvgIpc) is 3.19. The standard InChI is InChI=1S/C28H43NO2/c1-20-9-8-11-21(15-20)17-24(30)12-13-25-26-18-22(16-23(26)19-27(25)31)10-6-7-14-29(5)28(2,3)4/h8-9,11-13,15-16,23-27,30-31H,6-7,10,14,17-19H2,1-5H3/b13-12+/t23-,24+,25+,26-,27+/m0/s1. The quantitative estimate of drug-likeness (QED) is 0.417. The summed E-state index contributed by atoms with van der Waals surface area (Å²) in [7, 11) is 2.21. The smallest absolute Gasteiger partial charge is 0.0761 e. The van der Waals surface area contributed by atoms with Crippen LogP contribution < -0.4 is 0 Å². The number of aliphatic hydroxyl groups is 2. The molecule has 2 aliphatic rings. The molecule has 0 radical (unpaired) electrons. The van der Waals surface area contributed by atoms with Crippen LogP contribution in [0.5, 0.6) is 0 Å². The zero-order valence-electron chi connectivity index (χ0n) is 20.2. The van der Waals surface area contributed by atoms with Crippen LogP contribution in [-0.4, -0.2) is 46.5 Å². The third kappa shape index (κ3) is 6.78. The van der Waals surface area contributed by atoms with Crippen molar-refractivity contribution in [3.8, 4) is 0 Å². The van der Waals surface area contributed by atoms with Crippen LogP contribution in [0.15, 0.2) is 48.1 Å². The van der Waals surface area contributed by atoms with E-state index < -0.39 is 6.10 Å². The number of aryl methyl sites for hydroxylation is 1. The fourth-order valence-electron chi connectivity index (χ4n) is 5.23. The normalized spacial score (nSPS) is 27.2. The van der Waals surface area contributed by atoms with Crippen LogP contribution in [0.4, 0.5) is 0 Å². The molecule has 1 fully saturated rings. The highest BCUT2D eigenvalue weighted by atomic mass is 16.3. The van der Waals surface area contributed by atoms with Crippen molar-refractivity contribution in [3.05, 3.63) is 59.2 Å². The maximum absolute atomic E-state index is 10.6. The van der Waals surface area contributed by atoms with E-state index in [2.05, 4.69) is 70.0 Å². The first kappa shape index (κ1) is 24.2. The summed E-state index contributed by atoms with van der Waals surface area (Å²) in [5.74, 6) is 1.17. The summed E-state index contributed by atoms with van der Waals surface area (Å²) in [5, 5.41) is 21.1. The third-order valence-corrected chi connectivity index (χ3v) is 7.42. The zero-order chi connectivity index (χ0) is 22.6. The van der Waals surface area contributed by atoms with Gasteiger partial charge in [0.25, 0.3) is 0 Å². The van der Waals surface area contributed by atoms with E-state index in [0.717, 1.165) is 24.9 Å². The first-order valence-electron chi connectivity index (χ1n) is 12.1. The van der Waals surface area contributed by atoms with Gasteiger partial charge >= 0.3 is 0 Å². The van der Waals surface area contributed by atoms with Gasteiger partial charge in [0.2, 0.25) is 0 Å². The van der Waals surface area contributed by atoms with E-state index in [1.54, 1.807) is 5.57 Å². The Kier molecular flexibility index (Phi) is 8.18. The van der Waals surface area contributed by atoms with Crippen LogP contribution in [0.3, 0.4) is 0 Å². The van der Waals surface area contributed by atoms with Crippen LogP contribution in [0, 0.1) is 24.7 Å². The second-order valence-electron chi connectivity index (χ2n) is 10.9. The van der Waals surface area contributed by atoms with Gasteiger partial charge in [0, 0.05) is 17.9 Å². The first-order chi connectivity index (χ1) is 14.6. The Morgan fingerprint density at radius 3 is 2.71 bits per heavy atom. The highest BCUT2D eigenvalue weighted by Crippen LogP contribution is 2.48. The second-order valence-corrected chi connectivity index (χ2v) is 10.9. The van der Waals surface area contributed by atoms with Gasteiger partial charge in [-0.1, -0.05) is 53.6 Å². The number of unbranched alkanes of at least 4 members (excludes halogenated alkanes) is 1. The highest BCUT2D eigenvalue weighted by molar-refractivity contribution is 5.24. The molecule has 3 heteroatoms. The molecule has 1 saturated carbocycles. The average molecular weight is 426 g/mol. The molecule has 1 aromatic rings. The lowest BCUT2D eigenvalue weighted by Gasteiger charge is -2.31. The van der Waals surface area contributed by atoms with Crippen molar-refractivity contribution >= 4 is 0 Å². The lowest BCUT2D eigenvalue weighted by molar-refractivity contribution is 0.140. The molecule has 0 bridgehead atoms.